The summed E-state index contributed by atoms with van der Waals surface area (Å²) in [6.45, 7) is 3.29. The van der Waals surface area contributed by atoms with Gasteiger partial charge in [0.05, 0.1) is 14.2 Å². The van der Waals surface area contributed by atoms with Gasteiger partial charge in [0.1, 0.15) is 18.5 Å². The van der Waals surface area contributed by atoms with Crippen LogP contribution in [0.1, 0.15) is 24.1 Å². The zero-order chi connectivity index (χ0) is 21.9. The first kappa shape index (κ1) is 23.7. The fourth-order valence-corrected chi connectivity index (χ4v) is 3.16. The molecule has 2 atom stereocenters. The van der Waals surface area contributed by atoms with Gasteiger partial charge in [0.2, 0.25) is 0 Å². The molecule has 0 heterocycles. The molecule has 0 radical (unpaired) electrons. The van der Waals surface area contributed by atoms with Gasteiger partial charge in [-0.25, -0.2) is 0 Å². The van der Waals surface area contributed by atoms with Crippen molar-refractivity contribution in [1.82, 2.24) is 10.2 Å². The molecule has 0 saturated carbocycles. The standard InChI is InChI=1S/C24H34N2O4/c1-6-7-18-8-13-23(24(14-18)29-5)30-17-20(27)15-25-16-22(26(2)3)19-9-11-21(28-4)12-10-19/h6-14,20,22,25,27H,15-17H2,1-5H3/b7-6+/t20-,22+/m0/s1. The lowest BCUT2D eigenvalue weighted by Crippen LogP contribution is -2.37. The van der Waals surface area contributed by atoms with E-state index in [2.05, 4.69) is 22.3 Å². The maximum absolute atomic E-state index is 10.3. The van der Waals surface area contributed by atoms with E-state index in [4.69, 9.17) is 14.2 Å². The summed E-state index contributed by atoms with van der Waals surface area (Å²) in [4.78, 5) is 2.15. The van der Waals surface area contributed by atoms with Crippen LogP contribution in [0.5, 0.6) is 17.2 Å². The molecule has 2 aromatic rings. The average Bonchev–Trinajstić information content (AvgIpc) is 2.75. The Bertz CT molecular complexity index is 790. The fraction of sp³-hybridized carbons (Fsp3) is 0.417. The second-order valence-electron chi connectivity index (χ2n) is 7.29. The number of aliphatic hydroxyl groups is 1. The number of hydrogen-bond donors (Lipinski definition) is 2. The molecular weight excluding hydrogens is 380 g/mol. The van der Waals surface area contributed by atoms with Gasteiger partial charge in [0, 0.05) is 19.1 Å². The highest BCUT2D eigenvalue weighted by Gasteiger charge is 2.15. The second-order valence-corrected chi connectivity index (χ2v) is 7.29. The van der Waals surface area contributed by atoms with Crippen molar-refractivity contribution in [3.05, 3.63) is 59.7 Å². The molecule has 2 rings (SSSR count). The molecule has 164 valence electrons. The lowest BCUT2D eigenvalue weighted by Gasteiger charge is -2.26. The van der Waals surface area contributed by atoms with E-state index in [9.17, 15) is 5.11 Å². The Kier molecular flexibility index (Phi) is 9.67. The van der Waals surface area contributed by atoms with Gasteiger partial charge in [-0.2, -0.15) is 0 Å². The van der Waals surface area contributed by atoms with Crippen molar-refractivity contribution in [2.45, 2.75) is 19.1 Å². The fourth-order valence-electron chi connectivity index (χ4n) is 3.16. The lowest BCUT2D eigenvalue weighted by molar-refractivity contribution is 0.103. The van der Waals surface area contributed by atoms with Crippen molar-refractivity contribution < 1.29 is 19.3 Å². The highest BCUT2D eigenvalue weighted by Crippen LogP contribution is 2.28. The van der Waals surface area contributed by atoms with E-state index in [0.29, 0.717) is 24.6 Å². The molecule has 30 heavy (non-hydrogen) atoms. The normalized spacial score (nSPS) is 13.4. The van der Waals surface area contributed by atoms with E-state index >= 15 is 0 Å². The minimum atomic E-state index is -0.636. The van der Waals surface area contributed by atoms with Crippen molar-refractivity contribution in [3.8, 4) is 17.2 Å². The summed E-state index contributed by atoms with van der Waals surface area (Å²) < 4.78 is 16.4. The summed E-state index contributed by atoms with van der Waals surface area (Å²) in [5.41, 5.74) is 2.22. The van der Waals surface area contributed by atoms with Crippen LogP contribution in [0, 0.1) is 0 Å². The Morgan fingerprint density at radius 1 is 1.00 bits per heavy atom. The predicted octanol–water partition coefficient (Wildman–Crippen LogP) is 3.37. The number of nitrogens with zero attached hydrogens (tertiary/aromatic N) is 1. The van der Waals surface area contributed by atoms with E-state index in [-0.39, 0.29) is 12.6 Å². The number of aliphatic hydroxyl groups excluding tert-OH is 1. The zero-order valence-electron chi connectivity index (χ0n) is 18.6. The van der Waals surface area contributed by atoms with Crippen LogP contribution in [0.3, 0.4) is 0 Å². The lowest BCUT2D eigenvalue weighted by atomic mass is 10.1. The summed E-state index contributed by atoms with van der Waals surface area (Å²) in [5, 5.41) is 13.7. The molecule has 6 heteroatoms. The van der Waals surface area contributed by atoms with Gasteiger partial charge in [-0.15, -0.1) is 0 Å². The molecule has 0 fully saturated rings. The zero-order valence-corrected chi connectivity index (χ0v) is 18.6. The summed E-state index contributed by atoms with van der Waals surface area (Å²) >= 11 is 0. The molecule has 0 aliphatic rings. The molecule has 0 amide bonds. The Morgan fingerprint density at radius 3 is 2.33 bits per heavy atom. The molecule has 0 aliphatic heterocycles. The Morgan fingerprint density at radius 2 is 1.73 bits per heavy atom. The SMILES string of the molecule is C/C=C/c1ccc(OC[C@@H](O)CNC[C@H](c2ccc(OC)cc2)N(C)C)c(OC)c1. The largest absolute Gasteiger partial charge is 0.497 e. The van der Waals surface area contributed by atoms with Gasteiger partial charge in [-0.05, 0) is 56.4 Å². The Balaban J connectivity index is 1.85. The van der Waals surface area contributed by atoms with Gasteiger partial charge >= 0.3 is 0 Å². The van der Waals surface area contributed by atoms with E-state index in [0.717, 1.165) is 11.3 Å². The van der Waals surface area contributed by atoms with Gasteiger partial charge in [-0.3, -0.25) is 0 Å². The molecule has 6 nitrogen and oxygen atoms in total. The number of benzene rings is 2. The minimum Gasteiger partial charge on any atom is -0.497 e. The summed E-state index contributed by atoms with van der Waals surface area (Å²) in [5.74, 6) is 2.11. The number of methoxy groups -OCH3 is 2. The van der Waals surface area contributed by atoms with E-state index in [1.54, 1.807) is 14.2 Å². The van der Waals surface area contributed by atoms with Crippen molar-refractivity contribution in [2.75, 3.05) is 48.0 Å². The van der Waals surface area contributed by atoms with Crippen LogP contribution >= 0.6 is 0 Å². The number of allylic oxidation sites excluding steroid dienone is 1. The van der Waals surface area contributed by atoms with Gasteiger partial charge in [-0.1, -0.05) is 30.4 Å². The molecule has 0 aliphatic carbocycles. The van der Waals surface area contributed by atoms with Gasteiger partial charge in [0.15, 0.2) is 11.5 Å². The van der Waals surface area contributed by atoms with Gasteiger partial charge in [0.25, 0.3) is 0 Å². The van der Waals surface area contributed by atoms with Crippen molar-refractivity contribution in [2.24, 2.45) is 0 Å². The molecular formula is C24H34N2O4. The maximum Gasteiger partial charge on any atom is 0.161 e. The third kappa shape index (κ3) is 7.06. The van der Waals surface area contributed by atoms with Crippen LogP contribution in [0.4, 0.5) is 0 Å². The van der Waals surface area contributed by atoms with Crippen molar-refractivity contribution >= 4 is 6.08 Å². The Labute approximate surface area is 180 Å². The first-order valence-corrected chi connectivity index (χ1v) is 10.1. The number of ether oxygens (including phenoxy) is 3. The topological polar surface area (TPSA) is 63.2 Å². The molecule has 2 aromatic carbocycles. The number of rotatable bonds is 12. The number of likely N-dealkylation sites (N-methyl/N-ethyl adjacent to an activating group) is 1. The van der Waals surface area contributed by atoms with Crippen LogP contribution in [-0.2, 0) is 0 Å². The summed E-state index contributed by atoms with van der Waals surface area (Å²) in [7, 11) is 7.36. The summed E-state index contributed by atoms with van der Waals surface area (Å²) in [6, 6.07) is 14.0. The van der Waals surface area contributed by atoms with Crippen LogP contribution in [0.2, 0.25) is 0 Å². The van der Waals surface area contributed by atoms with E-state index in [1.807, 2.05) is 63.5 Å². The monoisotopic (exact) mass is 414 g/mol. The highest BCUT2D eigenvalue weighted by atomic mass is 16.5. The molecule has 0 spiro atoms. The first-order valence-electron chi connectivity index (χ1n) is 10.1. The molecule has 0 unspecified atom stereocenters. The quantitative estimate of drug-likeness (QED) is 0.555. The van der Waals surface area contributed by atoms with Gasteiger partial charge < -0.3 is 29.5 Å². The van der Waals surface area contributed by atoms with Crippen LogP contribution in [0.25, 0.3) is 6.08 Å². The number of hydrogen-bond acceptors (Lipinski definition) is 6. The van der Waals surface area contributed by atoms with Crippen LogP contribution in [-0.4, -0.2) is 64.1 Å². The molecule has 0 saturated heterocycles. The van der Waals surface area contributed by atoms with Crippen molar-refractivity contribution in [3.63, 3.8) is 0 Å². The van der Waals surface area contributed by atoms with E-state index < -0.39 is 6.10 Å². The molecule has 0 aromatic heterocycles. The van der Waals surface area contributed by atoms with E-state index in [1.165, 1.54) is 5.56 Å². The number of nitrogens with one attached hydrogen (secondary N) is 1. The minimum absolute atomic E-state index is 0.182. The average molecular weight is 415 g/mol. The maximum atomic E-state index is 10.3. The third-order valence-corrected chi connectivity index (χ3v) is 4.82. The highest BCUT2D eigenvalue weighted by molar-refractivity contribution is 5.55. The smallest absolute Gasteiger partial charge is 0.161 e. The predicted molar refractivity (Wildman–Crippen MR) is 121 cm³/mol. The molecule has 2 N–H and O–H groups in total. The third-order valence-electron chi connectivity index (χ3n) is 4.82. The van der Waals surface area contributed by atoms with Crippen LogP contribution in [0.15, 0.2) is 48.5 Å². The molecule has 0 bridgehead atoms. The van der Waals surface area contributed by atoms with Crippen molar-refractivity contribution in [1.29, 1.82) is 0 Å². The second kappa shape index (κ2) is 12.2. The Hall–Kier alpha value is -2.54. The summed E-state index contributed by atoms with van der Waals surface area (Å²) in [6.07, 6.45) is 3.33. The first-order chi connectivity index (χ1) is 14.5. The van der Waals surface area contributed by atoms with Crippen LogP contribution < -0.4 is 19.5 Å².